The molecule has 9 heteroatoms. The third-order valence-corrected chi connectivity index (χ3v) is 5.16. The predicted octanol–water partition coefficient (Wildman–Crippen LogP) is 5.14. The molecule has 5 nitrogen and oxygen atoms in total. The molecule has 0 radical (unpaired) electrons. The molecule has 0 aliphatic carbocycles. The quantitative estimate of drug-likeness (QED) is 0.556. The molecule has 1 aromatic heterocycles. The van der Waals surface area contributed by atoms with Crippen molar-refractivity contribution in [2.75, 3.05) is 11.1 Å². The van der Waals surface area contributed by atoms with Gasteiger partial charge in [0.15, 0.2) is 11.0 Å². The van der Waals surface area contributed by atoms with Gasteiger partial charge in [-0.1, -0.05) is 41.0 Å². The molecule has 27 heavy (non-hydrogen) atoms. The van der Waals surface area contributed by atoms with Gasteiger partial charge in [-0.3, -0.25) is 4.79 Å². The lowest BCUT2D eigenvalue weighted by Gasteiger charge is -2.09. The van der Waals surface area contributed by atoms with Crippen LogP contribution in [0.4, 0.5) is 10.1 Å². The minimum absolute atomic E-state index is 0.114. The number of halogens is 3. The summed E-state index contributed by atoms with van der Waals surface area (Å²) in [4.78, 5) is 12.1. The molecule has 0 saturated carbocycles. The summed E-state index contributed by atoms with van der Waals surface area (Å²) in [6.45, 7) is 2.56. The molecular weight excluding hydrogens is 410 g/mol. The maximum atomic E-state index is 13.2. The molecule has 1 N–H and O–H groups in total. The molecular formula is C18H15Cl2FN4OS. The molecule has 0 fully saturated rings. The number of aromatic nitrogens is 3. The maximum absolute atomic E-state index is 13.2. The fourth-order valence-electron chi connectivity index (χ4n) is 2.44. The van der Waals surface area contributed by atoms with Crippen molar-refractivity contribution < 1.29 is 9.18 Å². The summed E-state index contributed by atoms with van der Waals surface area (Å²) >= 11 is 13.5. The first-order valence-electron chi connectivity index (χ1n) is 8.04. The molecule has 0 unspecified atom stereocenters. The van der Waals surface area contributed by atoms with Gasteiger partial charge in [0.2, 0.25) is 5.91 Å². The number of thioether (sulfide) groups is 1. The molecule has 0 spiro atoms. The predicted molar refractivity (Wildman–Crippen MR) is 107 cm³/mol. The Balaban J connectivity index is 1.72. The van der Waals surface area contributed by atoms with Crippen LogP contribution in [0.2, 0.25) is 10.0 Å². The van der Waals surface area contributed by atoms with Crippen LogP contribution in [0.1, 0.15) is 6.92 Å². The van der Waals surface area contributed by atoms with Crippen LogP contribution >= 0.6 is 35.0 Å². The van der Waals surface area contributed by atoms with Crippen LogP contribution in [0.15, 0.2) is 47.6 Å². The molecule has 0 atom stereocenters. The Bertz CT molecular complexity index is 980. The zero-order chi connectivity index (χ0) is 19.4. The summed E-state index contributed by atoms with van der Waals surface area (Å²) in [6, 6.07) is 10.9. The summed E-state index contributed by atoms with van der Waals surface area (Å²) < 4.78 is 15.1. The molecule has 1 heterocycles. The van der Waals surface area contributed by atoms with Crippen LogP contribution in [-0.2, 0) is 11.3 Å². The van der Waals surface area contributed by atoms with Crippen molar-refractivity contribution in [1.29, 1.82) is 0 Å². The lowest BCUT2D eigenvalue weighted by atomic mass is 10.2. The molecule has 2 aromatic carbocycles. The van der Waals surface area contributed by atoms with E-state index in [-0.39, 0.29) is 11.7 Å². The lowest BCUT2D eigenvalue weighted by Crippen LogP contribution is -2.14. The van der Waals surface area contributed by atoms with Gasteiger partial charge in [0, 0.05) is 22.8 Å². The molecule has 0 aliphatic rings. The molecule has 0 bridgehead atoms. The molecule has 3 aromatic rings. The highest BCUT2D eigenvalue weighted by atomic mass is 35.5. The number of nitrogens with one attached hydrogen (secondary N) is 1. The van der Waals surface area contributed by atoms with Gasteiger partial charge in [0.25, 0.3) is 0 Å². The Morgan fingerprint density at radius 2 is 2.04 bits per heavy atom. The van der Waals surface area contributed by atoms with Crippen LogP contribution in [-0.4, -0.2) is 26.4 Å². The van der Waals surface area contributed by atoms with Gasteiger partial charge in [-0.25, -0.2) is 4.39 Å². The Morgan fingerprint density at radius 3 is 2.74 bits per heavy atom. The fraction of sp³-hybridized carbons (Fsp3) is 0.167. The number of hydrogen-bond donors (Lipinski definition) is 1. The third kappa shape index (κ3) is 4.80. The first-order valence-corrected chi connectivity index (χ1v) is 9.79. The Kier molecular flexibility index (Phi) is 6.36. The number of carbonyl (C=O) groups excluding carboxylic acids is 1. The first-order chi connectivity index (χ1) is 13.0. The highest BCUT2D eigenvalue weighted by molar-refractivity contribution is 7.99. The second-order valence-electron chi connectivity index (χ2n) is 5.52. The van der Waals surface area contributed by atoms with E-state index < -0.39 is 5.82 Å². The van der Waals surface area contributed by atoms with Crippen LogP contribution in [0, 0.1) is 5.82 Å². The largest absolute Gasteiger partial charge is 0.325 e. The molecule has 0 saturated heterocycles. The second kappa shape index (κ2) is 8.73. The Labute approximate surface area is 169 Å². The molecule has 0 aliphatic heterocycles. The van der Waals surface area contributed by atoms with Gasteiger partial charge in [0.05, 0.1) is 10.8 Å². The smallest absolute Gasteiger partial charge is 0.234 e. The van der Waals surface area contributed by atoms with Crippen molar-refractivity contribution in [3.05, 3.63) is 58.3 Å². The van der Waals surface area contributed by atoms with Crippen molar-refractivity contribution in [2.45, 2.75) is 18.6 Å². The number of nitrogens with zero attached hydrogens (tertiary/aromatic N) is 3. The van der Waals surface area contributed by atoms with E-state index in [2.05, 4.69) is 15.5 Å². The lowest BCUT2D eigenvalue weighted by molar-refractivity contribution is -0.113. The van der Waals surface area contributed by atoms with Crippen molar-refractivity contribution in [2.24, 2.45) is 0 Å². The highest BCUT2D eigenvalue weighted by Crippen LogP contribution is 2.31. The molecule has 1 amide bonds. The van der Waals surface area contributed by atoms with Gasteiger partial charge in [-0.2, -0.15) is 0 Å². The van der Waals surface area contributed by atoms with Crippen molar-refractivity contribution >= 4 is 46.6 Å². The average Bonchev–Trinajstić information content (AvgIpc) is 3.02. The fourth-order valence-corrected chi connectivity index (χ4v) is 3.74. The van der Waals surface area contributed by atoms with Crippen LogP contribution in [0.5, 0.6) is 0 Å². The van der Waals surface area contributed by atoms with E-state index in [0.29, 0.717) is 38.8 Å². The van der Waals surface area contributed by atoms with Gasteiger partial charge in [-0.15, -0.1) is 10.2 Å². The summed E-state index contributed by atoms with van der Waals surface area (Å²) in [5.74, 6) is 0.0495. The first kappa shape index (κ1) is 19.7. The second-order valence-corrected chi connectivity index (χ2v) is 7.31. The normalized spacial score (nSPS) is 10.8. The van der Waals surface area contributed by atoms with Gasteiger partial charge < -0.3 is 9.88 Å². The van der Waals surface area contributed by atoms with Crippen LogP contribution in [0.3, 0.4) is 0 Å². The zero-order valence-corrected chi connectivity index (χ0v) is 16.6. The van der Waals surface area contributed by atoms with Crippen molar-refractivity contribution in [3.63, 3.8) is 0 Å². The highest BCUT2D eigenvalue weighted by Gasteiger charge is 2.17. The van der Waals surface area contributed by atoms with Crippen LogP contribution in [0.25, 0.3) is 11.4 Å². The minimum Gasteiger partial charge on any atom is -0.325 e. The van der Waals surface area contributed by atoms with Gasteiger partial charge in [-0.05, 0) is 43.3 Å². The Hall–Kier alpha value is -2.09. The van der Waals surface area contributed by atoms with Crippen LogP contribution < -0.4 is 5.32 Å². The minimum atomic E-state index is -0.407. The van der Waals surface area contributed by atoms with Gasteiger partial charge in [0.1, 0.15) is 5.82 Å². The average molecular weight is 425 g/mol. The zero-order valence-electron chi connectivity index (χ0n) is 14.2. The van der Waals surface area contributed by atoms with E-state index in [0.717, 1.165) is 0 Å². The molecule has 140 valence electrons. The maximum Gasteiger partial charge on any atom is 0.234 e. The van der Waals surface area contributed by atoms with E-state index in [4.69, 9.17) is 23.2 Å². The third-order valence-electron chi connectivity index (χ3n) is 3.65. The number of rotatable bonds is 6. The summed E-state index contributed by atoms with van der Waals surface area (Å²) in [7, 11) is 0. The monoisotopic (exact) mass is 424 g/mol. The number of carbonyl (C=O) groups is 1. The van der Waals surface area contributed by atoms with E-state index in [9.17, 15) is 9.18 Å². The SMILES string of the molecule is CCn1c(SCC(=O)Nc2cccc(F)c2)nnc1-c1ccc(Cl)cc1Cl. The number of hydrogen-bond acceptors (Lipinski definition) is 4. The number of anilines is 1. The number of amides is 1. The topological polar surface area (TPSA) is 59.8 Å². The van der Waals surface area contributed by atoms with Crippen molar-refractivity contribution in [1.82, 2.24) is 14.8 Å². The van der Waals surface area contributed by atoms with E-state index in [1.165, 1.54) is 30.0 Å². The summed E-state index contributed by atoms with van der Waals surface area (Å²) in [6.07, 6.45) is 0. The summed E-state index contributed by atoms with van der Waals surface area (Å²) in [5, 5.41) is 12.6. The van der Waals surface area contributed by atoms with E-state index >= 15 is 0 Å². The van der Waals surface area contributed by atoms with Gasteiger partial charge >= 0.3 is 0 Å². The Morgan fingerprint density at radius 1 is 1.22 bits per heavy atom. The van der Waals surface area contributed by atoms with Crippen molar-refractivity contribution in [3.8, 4) is 11.4 Å². The number of benzene rings is 2. The van der Waals surface area contributed by atoms with E-state index in [1.54, 1.807) is 24.3 Å². The summed E-state index contributed by atoms with van der Waals surface area (Å²) in [5.41, 5.74) is 1.12. The standard InChI is InChI=1S/C18H15Cl2FN4OS/c1-2-25-17(14-7-6-11(19)8-15(14)20)23-24-18(25)27-10-16(26)22-13-5-3-4-12(21)9-13/h3-9H,2,10H2,1H3,(H,22,26). The molecule has 3 rings (SSSR count). The van der Waals surface area contributed by atoms with E-state index in [1.807, 2.05) is 11.5 Å².